The van der Waals surface area contributed by atoms with Crippen molar-refractivity contribution in [2.24, 2.45) is 11.3 Å². The van der Waals surface area contributed by atoms with Crippen LogP contribution in [0.25, 0.3) is 0 Å². The van der Waals surface area contributed by atoms with E-state index in [0.29, 0.717) is 17.3 Å². The minimum atomic E-state index is 0.171. The van der Waals surface area contributed by atoms with Crippen LogP contribution in [0.5, 0.6) is 0 Å². The monoisotopic (exact) mass is 294 g/mol. The number of nitrogens with zero attached hydrogens (tertiary/aromatic N) is 2. The zero-order chi connectivity index (χ0) is 15.7. The van der Waals surface area contributed by atoms with Gasteiger partial charge in [0.25, 0.3) is 0 Å². The van der Waals surface area contributed by atoms with Gasteiger partial charge in [-0.05, 0) is 61.9 Å². The second kappa shape index (κ2) is 5.61. The summed E-state index contributed by atoms with van der Waals surface area (Å²) in [5, 5.41) is 9.15. The number of benzene rings is 1. The van der Waals surface area contributed by atoms with Gasteiger partial charge in [-0.3, -0.25) is 4.79 Å². The Balaban J connectivity index is 1.88. The molecule has 0 saturated heterocycles. The number of ketones is 1. The maximum Gasteiger partial charge on any atom is 0.133 e. The fourth-order valence-electron chi connectivity index (χ4n) is 3.85. The molecule has 0 radical (unpaired) electrons. The Kier molecular flexibility index (Phi) is 3.78. The van der Waals surface area contributed by atoms with Crippen molar-refractivity contribution in [3.63, 3.8) is 0 Å². The van der Waals surface area contributed by atoms with Crippen molar-refractivity contribution in [1.82, 2.24) is 0 Å². The Morgan fingerprint density at radius 3 is 3.05 bits per heavy atom. The van der Waals surface area contributed by atoms with Crippen molar-refractivity contribution < 1.29 is 4.79 Å². The van der Waals surface area contributed by atoms with E-state index >= 15 is 0 Å². The first-order valence-electron chi connectivity index (χ1n) is 8.00. The van der Waals surface area contributed by atoms with E-state index in [-0.39, 0.29) is 5.41 Å². The third kappa shape index (κ3) is 2.66. The molecule has 2 aliphatic carbocycles. The molecule has 2 saturated carbocycles. The van der Waals surface area contributed by atoms with Crippen LogP contribution in [0.3, 0.4) is 0 Å². The van der Waals surface area contributed by atoms with E-state index in [1.165, 1.54) is 6.42 Å². The van der Waals surface area contributed by atoms with Gasteiger partial charge in [0.05, 0.1) is 11.6 Å². The van der Waals surface area contributed by atoms with Crippen LogP contribution >= 0.6 is 0 Å². The van der Waals surface area contributed by atoms with Gasteiger partial charge in [-0.25, -0.2) is 0 Å². The molecular formula is C19H22N2O. The number of nitriles is 1. The van der Waals surface area contributed by atoms with Gasteiger partial charge >= 0.3 is 0 Å². The van der Waals surface area contributed by atoms with Gasteiger partial charge in [-0.1, -0.05) is 12.1 Å². The number of hydrogen-bond acceptors (Lipinski definition) is 3. The molecule has 3 heteroatoms. The zero-order valence-corrected chi connectivity index (χ0v) is 13.3. The quantitative estimate of drug-likeness (QED) is 0.844. The number of anilines is 1. The van der Waals surface area contributed by atoms with E-state index < -0.39 is 0 Å². The van der Waals surface area contributed by atoms with Crippen molar-refractivity contribution in [2.75, 3.05) is 11.4 Å². The van der Waals surface area contributed by atoms with Gasteiger partial charge in [-0.15, -0.1) is 0 Å². The van der Waals surface area contributed by atoms with Gasteiger partial charge in [0.15, 0.2) is 0 Å². The highest BCUT2D eigenvalue weighted by atomic mass is 16.1. The Bertz CT molecular complexity index is 671. The molecule has 0 amide bonds. The first kappa shape index (κ1) is 14.8. The van der Waals surface area contributed by atoms with Crippen LogP contribution in [0, 0.1) is 29.6 Å². The van der Waals surface area contributed by atoms with Crippen LogP contribution in [0.15, 0.2) is 30.5 Å². The molecule has 0 N–H and O–H groups in total. The number of Topliss-reactive ketones (excluding diaryl/α,β-unsaturated/α-hetero) is 1. The number of fused-ring (bicyclic) bond motifs is 1. The lowest BCUT2D eigenvalue weighted by atomic mass is 9.87. The van der Waals surface area contributed by atoms with E-state index in [9.17, 15) is 4.79 Å². The predicted octanol–water partition coefficient (Wildman–Crippen LogP) is 3.97. The summed E-state index contributed by atoms with van der Waals surface area (Å²) in [6.45, 7) is 4.95. The van der Waals surface area contributed by atoms with Gasteiger partial charge in [0, 0.05) is 25.1 Å². The second-order valence-corrected chi connectivity index (χ2v) is 6.74. The van der Waals surface area contributed by atoms with Crippen molar-refractivity contribution in [2.45, 2.75) is 39.5 Å². The Morgan fingerprint density at radius 2 is 2.32 bits per heavy atom. The highest BCUT2D eigenvalue weighted by Crippen LogP contribution is 2.61. The fraction of sp³-hybridized carbons (Fsp3) is 0.474. The first-order valence-corrected chi connectivity index (χ1v) is 8.00. The molecule has 0 heterocycles. The number of rotatable bonds is 4. The van der Waals surface area contributed by atoms with Crippen LogP contribution in [0.1, 0.15) is 43.7 Å². The molecule has 2 atom stereocenters. The van der Waals surface area contributed by atoms with E-state index in [1.807, 2.05) is 31.2 Å². The second-order valence-electron chi connectivity index (χ2n) is 6.74. The molecule has 3 rings (SSSR count). The van der Waals surface area contributed by atoms with Crippen molar-refractivity contribution in [1.29, 1.82) is 5.26 Å². The Morgan fingerprint density at radius 1 is 1.50 bits per heavy atom. The smallest absolute Gasteiger partial charge is 0.133 e. The molecular weight excluding hydrogens is 272 g/mol. The molecule has 2 aliphatic rings. The predicted molar refractivity (Wildman–Crippen MR) is 87.5 cm³/mol. The standard InChI is InChI=1S/C19H22N2O/c1-3-8-21(18-9-15(12-20)5-4-14(18)2)13-19-10-16(19)6-7-17(22)11-19/h3-5,8-9,16H,6-7,10-11,13H2,1-2H3/b8-3-. The van der Waals surface area contributed by atoms with Crippen LogP contribution in [0.2, 0.25) is 0 Å². The number of allylic oxidation sites excluding steroid dienone is 1. The summed E-state index contributed by atoms with van der Waals surface area (Å²) in [4.78, 5) is 14.1. The lowest BCUT2D eigenvalue weighted by Crippen LogP contribution is -2.31. The third-order valence-electron chi connectivity index (χ3n) is 5.14. The summed E-state index contributed by atoms with van der Waals surface area (Å²) in [6.07, 6.45) is 7.81. The summed E-state index contributed by atoms with van der Waals surface area (Å²) in [5.74, 6) is 1.12. The molecule has 3 nitrogen and oxygen atoms in total. The molecule has 1 aromatic rings. The highest BCUT2D eigenvalue weighted by molar-refractivity contribution is 5.81. The van der Waals surface area contributed by atoms with Crippen LogP contribution < -0.4 is 4.90 Å². The molecule has 1 aromatic carbocycles. The maximum atomic E-state index is 11.9. The van der Waals surface area contributed by atoms with Gasteiger partial charge in [0.2, 0.25) is 0 Å². The molecule has 0 aliphatic heterocycles. The molecule has 2 fully saturated rings. The van der Waals surface area contributed by atoms with E-state index in [0.717, 1.165) is 37.1 Å². The number of carbonyl (C=O) groups excluding carboxylic acids is 1. The Labute approximate surface area is 132 Å². The van der Waals surface area contributed by atoms with Gasteiger partial charge in [0.1, 0.15) is 5.78 Å². The van der Waals surface area contributed by atoms with Gasteiger partial charge < -0.3 is 4.90 Å². The molecule has 0 spiro atoms. The summed E-state index contributed by atoms with van der Waals surface area (Å²) >= 11 is 0. The third-order valence-corrected chi connectivity index (χ3v) is 5.14. The molecule has 22 heavy (non-hydrogen) atoms. The summed E-state index contributed by atoms with van der Waals surface area (Å²) in [5.41, 5.74) is 3.09. The molecule has 0 aromatic heterocycles. The van der Waals surface area contributed by atoms with Crippen molar-refractivity contribution in [3.8, 4) is 6.07 Å². The first-order chi connectivity index (χ1) is 10.6. The lowest BCUT2D eigenvalue weighted by molar-refractivity contribution is -0.121. The van der Waals surface area contributed by atoms with Crippen LogP contribution in [0.4, 0.5) is 5.69 Å². The summed E-state index contributed by atoms with van der Waals surface area (Å²) < 4.78 is 0. The largest absolute Gasteiger partial charge is 0.347 e. The van der Waals surface area contributed by atoms with E-state index in [2.05, 4.69) is 24.1 Å². The molecule has 114 valence electrons. The van der Waals surface area contributed by atoms with Crippen molar-refractivity contribution >= 4 is 11.5 Å². The van der Waals surface area contributed by atoms with Crippen LogP contribution in [-0.2, 0) is 4.79 Å². The Hall–Kier alpha value is -2.08. The topological polar surface area (TPSA) is 44.1 Å². The van der Waals surface area contributed by atoms with Crippen LogP contribution in [-0.4, -0.2) is 12.3 Å². The minimum Gasteiger partial charge on any atom is -0.347 e. The molecule has 0 bridgehead atoms. The average Bonchev–Trinajstić information content (AvgIpc) is 3.20. The summed E-state index contributed by atoms with van der Waals surface area (Å²) in [6, 6.07) is 8.02. The minimum absolute atomic E-state index is 0.171. The van der Waals surface area contributed by atoms with Gasteiger partial charge in [-0.2, -0.15) is 5.26 Å². The highest BCUT2D eigenvalue weighted by Gasteiger charge is 2.57. The van der Waals surface area contributed by atoms with E-state index in [4.69, 9.17) is 5.26 Å². The average molecular weight is 294 g/mol. The normalized spacial score (nSPS) is 26.6. The SMILES string of the molecule is C/C=C\N(CC12CC(=O)CCC1C2)c1cc(C#N)ccc1C. The number of aryl methyl sites for hydroxylation is 1. The lowest BCUT2D eigenvalue weighted by Gasteiger charge is -2.30. The number of carbonyl (C=O) groups is 1. The van der Waals surface area contributed by atoms with Crippen molar-refractivity contribution in [3.05, 3.63) is 41.6 Å². The molecule has 2 unspecified atom stereocenters. The fourth-order valence-corrected chi connectivity index (χ4v) is 3.85. The summed E-state index contributed by atoms with van der Waals surface area (Å²) in [7, 11) is 0. The number of hydrogen-bond donors (Lipinski definition) is 0. The zero-order valence-electron chi connectivity index (χ0n) is 13.3. The maximum absolute atomic E-state index is 11.9. The van der Waals surface area contributed by atoms with E-state index in [1.54, 1.807) is 0 Å².